The minimum absolute atomic E-state index is 0.136. The fourth-order valence-corrected chi connectivity index (χ4v) is 4.48. The van der Waals surface area contributed by atoms with Crippen molar-refractivity contribution in [2.45, 2.75) is 63.2 Å². The van der Waals surface area contributed by atoms with E-state index < -0.39 is 0 Å². The third-order valence-corrected chi connectivity index (χ3v) is 6.41. The lowest BCUT2D eigenvalue weighted by Gasteiger charge is -2.42. The summed E-state index contributed by atoms with van der Waals surface area (Å²) in [6.45, 7) is 4.31. The van der Waals surface area contributed by atoms with E-state index in [4.69, 9.17) is 4.74 Å². The summed E-state index contributed by atoms with van der Waals surface area (Å²) in [6, 6.07) is 6.52. The van der Waals surface area contributed by atoms with Gasteiger partial charge in [-0.3, -0.25) is 4.79 Å². The molecule has 0 radical (unpaired) electrons. The van der Waals surface area contributed by atoms with Crippen LogP contribution in [0.2, 0.25) is 0 Å². The van der Waals surface area contributed by atoms with Crippen molar-refractivity contribution in [3.63, 3.8) is 0 Å². The number of amides is 1. The van der Waals surface area contributed by atoms with Crippen LogP contribution in [0.4, 0.5) is 5.82 Å². The van der Waals surface area contributed by atoms with Gasteiger partial charge in [0.1, 0.15) is 11.5 Å². The van der Waals surface area contributed by atoms with Crippen LogP contribution in [0.3, 0.4) is 0 Å². The van der Waals surface area contributed by atoms with Crippen molar-refractivity contribution in [3.05, 3.63) is 23.9 Å². The number of ether oxygens (including phenoxy) is 1. The highest BCUT2D eigenvalue weighted by Gasteiger charge is 2.31. The van der Waals surface area contributed by atoms with E-state index >= 15 is 0 Å². The SMILES string of the molecule is CNC(=O)c1cccc(N2CCC(OC3CCN(C4CCC4)CC3)CC2)n1. The van der Waals surface area contributed by atoms with Gasteiger partial charge in [0.05, 0.1) is 12.2 Å². The Kier molecular flexibility index (Phi) is 5.93. The van der Waals surface area contributed by atoms with Gasteiger partial charge >= 0.3 is 0 Å². The Morgan fingerprint density at radius 1 is 1.04 bits per heavy atom. The number of hydrogen-bond acceptors (Lipinski definition) is 5. The van der Waals surface area contributed by atoms with Crippen LogP contribution in [0, 0.1) is 0 Å². The molecule has 3 heterocycles. The lowest BCUT2D eigenvalue weighted by atomic mass is 9.89. The van der Waals surface area contributed by atoms with Crippen molar-refractivity contribution in [1.29, 1.82) is 0 Å². The van der Waals surface area contributed by atoms with Gasteiger partial charge < -0.3 is 19.9 Å². The minimum atomic E-state index is -0.136. The van der Waals surface area contributed by atoms with Crippen molar-refractivity contribution in [3.8, 4) is 0 Å². The van der Waals surface area contributed by atoms with Gasteiger partial charge in [-0.2, -0.15) is 0 Å². The van der Waals surface area contributed by atoms with Crippen LogP contribution in [0.25, 0.3) is 0 Å². The van der Waals surface area contributed by atoms with Crippen LogP contribution in [0.1, 0.15) is 55.4 Å². The van der Waals surface area contributed by atoms with E-state index in [9.17, 15) is 4.79 Å². The first kappa shape index (κ1) is 18.7. The molecule has 0 unspecified atom stereocenters. The summed E-state index contributed by atoms with van der Waals surface area (Å²) < 4.78 is 6.44. The summed E-state index contributed by atoms with van der Waals surface area (Å²) in [6.07, 6.45) is 9.47. The molecule has 27 heavy (non-hydrogen) atoms. The molecular formula is C21H32N4O2. The predicted octanol–water partition coefficient (Wildman–Crippen LogP) is 2.44. The highest BCUT2D eigenvalue weighted by atomic mass is 16.5. The molecule has 1 aromatic rings. The molecule has 1 aromatic heterocycles. The predicted molar refractivity (Wildman–Crippen MR) is 106 cm³/mol. The number of piperidine rings is 2. The first-order chi connectivity index (χ1) is 13.2. The molecule has 2 saturated heterocycles. The molecule has 148 valence electrons. The summed E-state index contributed by atoms with van der Waals surface area (Å²) >= 11 is 0. The molecule has 6 heteroatoms. The Morgan fingerprint density at radius 2 is 1.70 bits per heavy atom. The van der Waals surface area contributed by atoms with Crippen molar-refractivity contribution >= 4 is 11.7 Å². The van der Waals surface area contributed by atoms with Crippen LogP contribution >= 0.6 is 0 Å². The van der Waals surface area contributed by atoms with E-state index in [1.54, 1.807) is 13.1 Å². The summed E-state index contributed by atoms with van der Waals surface area (Å²) in [5.41, 5.74) is 0.478. The second kappa shape index (κ2) is 8.57. The maximum atomic E-state index is 11.8. The number of rotatable bonds is 5. The molecule has 3 fully saturated rings. The summed E-state index contributed by atoms with van der Waals surface area (Å²) in [4.78, 5) is 21.3. The van der Waals surface area contributed by atoms with Crippen LogP contribution in [0.5, 0.6) is 0 Å². The Bertz CT molecular complexity index is 633. The number of carbonyl (C=O) groups excluding carboxylic acids is 1. The molecule has 0 aromatic carbocycles. The summed E-state index contributed by atoms with van der Waals surface area (Å²) in [5.74, 6) is 0.756. The molecule has 0 bridgehead atoms. The van der Waals surface area contributed by atoms with E-state index in [1.165, 1.54) is 45.2 Å². The number of likely N-dealkylation sites (tertiary alicyclic amines) is 1. The van der Waals surface area contributed by atoms with Gasteiger partial charge in [-0.1, -0.05) is 12.5 Å². The Morgan fingerprint density at radius 3 is 2.30 bits per heavy atom. The zero-order valence-electron chi connectivity index (χ0n) is 16.4. The monoisotopic (exact) mass is 372 g/mol. The Hall–Kier alpha value is -1.66. The van der Waals surface area contributed by atoms with Crippen molar-refractivity contribution in [2.24, 2.45) is 0 Å². The highest BCUT2D eigenvalue weighted by Crippen LogP contribution is 2.29. The van der Waals surface area contributed by atoms with E-state index in [-0.39, 0.29) is 5.91 Å². The molecule has 0 spiro atoms. The number of anilines is 1. The van der Waals surface area contributed by atoms with Gasteiger partial charge in [0.2, 0.25) is 0 Å². The minimum Gasteiger partial charge on any atom is -0.375 e. The van der Waals surface area contributed by atoms with Crippen LogP contribution in [-0.4, -0.2) is 67.3 Å². The van der Waals surface area contributed by atoms with Gasteiger partial charge in [0.25, 0.3) is 5.91 Å². The average molecular weight is 373 g/mol. The number of pyridine rings is 1. The summed E-state index contributed by atoms with van der Waals surface area (Å²) in [7, 11) is 1.64. The molecule has 2 aliphatic heterocycles. The van der Waals surface area contributed by atoms with Gasteiger partial charge in [-0.05, 0) is 50.7 Å². The number of nitrogens with one attached hydrogen (secondary N) is 1. The van der Waals surface area contributed by atoms with Gasteiger partial charge in [0, 0.05) is 39.3 Å². The molecule has 6 nitrogen and oxygen atoms in total. The maximum Gasteiger partial charge on any atom is 0.269 e. The molecule has 4 rings (SSSR count). The molecule has 1 N–H and O–H groups in total. The van der Waals surface area contributed by atoms with E-state index in [2.05, 4.69) is 20.1 Å². The van der Waals surface area contributed by atoms with Crippen LogP contribution in [-0.2, 0) is 4.74 Å². The maximum absolute atomic E-state index is 11.8. The topological polar surface area (TPSA) is 57.7 Å². The lowest BCUT2D eigenvalue weighted by Crippen LogP contribution is -2.47. The zero-order chi connectivity index (χ0) is 18.6. The largest absolute Gasteiger partial charge is 0.375 e. The fraction of sp³-hybridized carbons (Fsp3) is 0.714. The van der Waals surface area contributed by atoms with E-state index in [0.717, 1.165) is 37.8 Å². The Labute approximate surface area is 162 Å². The second-order valence-corrected chi connectivity index (χ2v) is 8.10. The number of hydrogen-bond donors (Lipinski definition) is 1. The third kappa shape index (κ3) is 4.43. The molecule has 1 aliphatic carbocycles. The van der Waals surface area contributed by atoms with Gasteiger partial charge in [-0.15, -0.1) is 0 Å². The van der Waals surface area contributed by atoms with E-state index in [1.807, 2.05) is 12.1 Å². The lowest BCUT2D eigenvalue weighted by molar-refractivity contribution is -0.0598. The standard InChI is InChI=1S/C21H32N4O2/c1-22-21(26)19-6-3-7-20(23-19)25-14-10-18(11-15-25)27-17-8-12-24(13-9-17)16-4-2-5-16/h3,6-7,16-18H,2,4-5,8-15H2,1H3,(H,22,26). The van der Waals surface area contributed by atoms with Crippen LogP contribution < -0.4 is 10.2 Å². The molecular weight excluding hydrogens is 340 g/mol. The third-order valence-electron chi connectivity index (χ3n) is 6.41. The first-order valence-electron chi connectivity index (χ1n) is 10.6. The van der Waals surface area contributed by atoms with Crippen molar-refractivity contribution < 1.29 is 9.53 Å². The molecule has 3 aliphatic rings. The fourth-order valence-electron chi connectivity index (χ4n) is 4.48. The Balaban J connectivity index is 1.23. The van der Waals surface area contributed by atoms with E-state index in [0.29, 0.717) is 17.9 Å². The van der Waals surface area contributed by atoms with Crippen molar-refractivity contribution in [1.82, 2.24) is 15.2 Å². The van der Waals surface area contributed by atoms with Crippen LogP contribution in [0.15, 0.2) is 18.2 Å². The second-order valence-electron chi connectivity index (χ2n) is 8.10. The number of nitrogens with zero attached hydrogens (tertiary/aromatic N) is 3. The molecule has 1 saturated carbocycles. The molecule has 1 amide bonds. The van der Waals surface area contributed by atoms with Gasteiger partial charge in [-0.25, -0.2) is 4.98 Å². The number of carbonyl (C=O) groups is 1. The smallest absolute Gasteiger partial charge is 0.269 e. The molecule has 0 atom stereocenters. The summed E-state index contributed by atoms with van der Waals surface area (Å²) in [5, 5.41) is 2.64. The van der Waals surface area contributed by atoms with Crippen molar-refractivity contribution in [2.75, 3.05) is 38.1 Å². The average Bonchev–Trinajstić information content (AvgIpc) is 2.68. The zero-order valence-corrected chi connectivity index (χ0v) is 16.4. The number of aromatic nitrogens is 1. The highest BCUT2D eigenvalue weighted by molar-refractivity contribution is 5.92. The normalized spacial score (nSPS) is 23.2. The van der Waals surface area contributed by atoms with Gasteiger partial charge in [0.15, 0.2) is 0 Å². The quantitative estimate of drug-likeness (QED) is 0.860. The first-order valence-corrected chi connectivity index (χ1v) is 10.6.